The van der Waals surface area contributed by atoms with Gasteiger partial charge in [0.15, 0.2) is 5.72 Å². The van der Waals surface area contributed by atoms with Crippen LogP contribution in [0.25, 0.3) is 0 Å². The molecule has 1 aromatic rings. The molecule has 0 aliphatic carbocycles. The number of nitrogens with zero attached hydrogens (tertiary/aromatic N) is 1. The van der Waals surface area contributed by atoms with E-state index in [0.717, 1.165) is 10.5 Å². The highest BCUT2D eigenvalue weighted by molar-refractivity contribution is 5.59. The highest BCUT2D eigenvalue weighted by atomic mass is 19.4. The van der Waals surface area contributed by atoms with E-state index in [1.165, 1.54) is 13.8 Å². The smallest absolute Gasteiger partial charge is 0.408 e. The Balaban J connectivity index is 2.51. The molecule has 6 heteroatoms. The van der Waals surface area contributed by atoms with Crippen molar-refractivity contribution in [3.8, 4) is 0 Å². The summed E-state index contributed by atoms with van der Waals surface area (Å²) in [4.78, 5) is 11.8. The van der Waals surface area contributed by atoms with Crippen LogP contribution >= 0.6 is 0 Å². The maximum atomic E-state index is 13.3. The van der Waals surface area contributed by atoms with Crippen LogP contribution in [0.4, 0.5) is 18.9 Å². The molecule has 0 saturated carbocycles. The molecule has 1 heterocycles. The van der Waals surface area contributed by atoms with Gasteiger partial charge in [-0.1, -0.05) is 18.2 Å². The monoisotopic (exact) mass is 287 g/mol. The molecule has 110 valence electrons. The van der Waals surface area contributed by atoms with Crippen molar-refractivity contribution >= 4 is 12.2 Å². The van der Waals surface area contributed by atoms with Gasteiger partial charge in [0.2, 0.25) is 0 Å². The zero-order chi connectivity index (χ0) is 15.0. The number of aryl methyl sites for hydroxylation is 1. The van der Waals surface area contributed by atoms with E-state index >= 15 is 0 Å². The van der Waals surface area contributed by atoms with Gasteiger partial charge in [-0.2, -0.15) is 13.2 Å². The average Bonchev–Trinajstić information content (AvgIpc) is 2.36. The molecule has 0 aromatic heterocycles. The molecule has 0 saturated heterocycles. The van der Waals surface area contributed by atoms with Crippen molar-refractivity contribution in [3.63, 3.8) is 0 Å². The van der Waals surface area contributed by atoms with Crippen molar-refractivity contribution in [2.24, 2.45) is 0 Å². The number of para-hydroxylation sites is 1. The van der Waals surface area contributed by atoms with Crippen LogP contribution in [0.1, 0.15) is 25.8 Å². The molecule has 0 radical (unpaired) electrons. The Morgan fingerprint density at radius 3 is 2.55 bits per heavy atom. The van der Waals surface area contributed by atoms with Gasteiger partial charge in [0.25, 0.3) is 6.47 Å². The minimum atomic E-state index is -4.38. The first-order valence-electron chi connectivity index (χ1n) is 6.33. The molecule has 0 amide bonds. The van der Waals surface area contributed by atoms with E-state index in [2.05, 4.69) is 0 Å². The number of anilines is 1. The van der Waals surface area contributed by atoms with Gasteiger partial charge < -0.3 is 9.64 Å². The predicted molar refractivity (Wildman–Crippen MR) is 68.3 cm³/mol. The molecule has 1 aromatic carbocycles. The number of carbonyl (C=O) groups is 1. The number of carbonyl (C=O) groups excluding carboxylic acids is 1. The first-order valence-corrected chi connectivity index (χ1v) is 6.33. The number of hydrogen-bond acceptors (Lipinski definition) is 3. The van der Waals surface area contributed by atoms with E-state index in [4.69, 9.17) is 4.74 Å². The maximum absolute atomic E-state index is 13.3. The quantitative estimate of drug-likeness (QED) is 0.799. The molecule has 0 N–H and O–H groups in total. The second-order valence-electron chi connectivity index (χ2n) is 5.26. The van der Waals surface area contributed by atoms with Crippen molar-refractivity contribution in [3.05, 3.63) is 29.8 Å². The fraction of sp³-hybridized carbons (Fsp3) is 0.500. The molecular weight excluding hydrogens is 271 g/mol. The lowest BCUT2D eigenvalue weighted by Gasteiger charge is -2.47. The SMILES string of the molecule is CC(C)(OC=O)N1c2ccccc2CCC1C(F)(F)F. The Hall–Kier alpha value is -1.72. The maximum Gasteiger partial charge on any atom is 0.408 e. The fourth-order valence-electron chi connectivity index (χ4n) is 2.70. The summed E-state index contributed by atoms with van der Waals surface area (Å²) < 4.78 is 44.7. The van der Waals surface area contributed by atoms with Crippen LogP contribution in [0, 0.1) is 0 Å². The third kappa shape index (κ3) is 2.59. The summed E-state index contributed by atoms with van der Waals surface area (Å²) in [6.07, 6.45) is -4.07. The number of rotatable bonds is 3. The summed E-state index contributed by atoms with van der Waals surface area (Å²) in [5.74, 6) is 0. The molecule has 1 aliphatic heterocycles. The third-order valence-electron chi connectivity index (χ3n) is 3.54. The van der Waals surface area contributed by atoms with Gasteiger partial charge in [0, 0.05) is 5.69 Å². The van der Waals surface area contributed by atoms with Crippen LogP contribution in [0.2, 0.25) is 0 Å². The zero-order valence-electron chi connectivity index (χ0n) is 11.3. The molecule has 1 aliphatic rings. The summed E-state index contributed by atoms with van der Waals surface area (Å²) >= 11 is 0. The largest absolute Gasteiger partial charge is 0.442 e. The normalized spacial score (nSPS) is 19.4. The van der Waals surface area contributed by atoms with Crippen molar-refractivity contribution in [2.45, 2.75) is 44.6 Å². The highest BCUT2D eigenvalue weighted by Crippen LogP contribution is 2.42. The van der Waals surface area contributed by atoms with Crippen LogP contribution in [0.3, 0.4) is 0 Å². The molecule has 2 rings (SSSR count). The first-order chi connectivity index (χ1) is 9.27. The van der Waals surface area contributed by atoms with Crippen molar-refractivity contribution in [1.29, 1.82) is 0 Å². The Kier molecular flexibility index (Phi) is 3.67. The summed E-state index contributed by atoms with van der Waals surface area (Å²) in [6.45, 7) is 3.11. The molecule has 20 heavy (non-hydrogen) atoms. The number of halogens is 3. The number of fused-ring (bicyclic) bond motifs is 1. The van der Waals surface area contributed by atoms with Gasteiger partial charge in [0.05, 0.1) is 0 Å². The van der Waals surface area contributed by atoms with Gasteiger partial charge in [-0.15, -0.1) is 0 Å². The van der Waals surface area contributed by atoms with Crippen LogP contribution in [-0.2, 0) is 16.0 Å². The zero-order valence-corrected chi connectivity index (χ0v) is 11.3. The third-order valence-corrected chi connectivity index (χ3v) is 3.54. The topological polar surface area (TPSA) is 29.5 Å². The van der Waals surface area contributed by atoms with Crippen LogP contribution < -0.4 is 4.90 Å². The molecule has 3 nitrogen and oxygen atoms in total. The van der Waals surface area contributed by atoms with Crippen molar-refractivity contribution in [1.82, 2.24) is 0 Å². The standard InChI is InChI=1S/C14H16F3NO2/c1-13(2,20-9-19)18-11-6-4-3-5-10(11)7-8-12(18)14(15,16)17/h3-6,9,12H,7-8H2,1-2H3. The van der Waals surface area contributed by atoms with Crippen LogP contribution in [0.5, 0.6) is 0 Å². The number of alkyl halides is 3. The van der Waals surface area contributed by atoms with Gasteiger partial charge in [-0.25, -0.2) is 0 Å². The molecule has 1 unspecified atom stereocenters. The van der Waals surface area contributed by atoms with E-state index in [1.807, 2.05) is 0 Å². The van der Waals surface area contributed by atoms with Gasteiger partial charge in [0.1, 0.15) is 6.04 Å². The van der Waals surface area contributed by atoms with Crippen LogP contribution in [0.15, 0.2) is 24.3 Å². The summed E-state index contributed by atoms with van der Waals surface area (Å²) in [5.41, 5.74) is -0.0677. The highest BCUT2D eigenvalue weighted by Gasteiger charge is 2.50. The Morgan fingerprint density at radius 2 is 1.95 bits per heavy atom. The molecule has 0 spiro atoms. The second kappa shape index (κ2) is 5.00. The van der Waals surface area contributed by atoms with E-state index in [-0.39, 0.29) is 12.9 Å². The number of ether oxygens (including phenoxy) is 1. The fourth-order valence-corrected chi connectivity index (χ4v) is 2.70. The van der Waals surface area contributed by atoms with Gasteiger partial charge in [-0.05, 0) is 38.3 Å². The van der Waals surface area contributed by atoms with E-state index in [0.29, 0.717) is 12.1 Å². The Morgan fingerprint density at radius 1 is 1.30 bits per heavy atom. The minimum Gasteiger partial charge on any atom is -0.442 e. The summed E-state index contributed by atoms with van der Waals surface area (Å²) in [6, 6.07) is 5.24. The van der Waals surface area contributed by atoms with Gasteiger partial charge >= 0.3 is 6.18 Å². The predicted octanol–water partition coefficient (Wildman–Crippen LogP) is 3.28. The Bertz CT molecular complexity index is 499. The number of hydrogen-bond donors (Lipinski definition) is 0. The van der Waals surface area contributed by atoms with Crippen molar-refractivity contribution in [2.75, 3.05) is 4.90 Å². The summed E-state index contributed by atoms with van der Waals surface area (Å²) in [7, 11) is 0. The lowest BCUT2D eigenvalue weighted by molar-refractivity contribution is -0.168. The van der Waals surface area contributed by atoms with Crippen molar-refractivity contribution < 1.29 is 22.7 Å². The van der Waals surface area contributed by atoms with E-state index in [9.17, 15) is 18.0 Å². The lowest BCUT2D eigenvalue weighted by Crippen LogP contribution is -2.59. The minimum absolute atomic E-state index is 0.0494. The molecule has 0 fully saturated rings. The summed E-state index contributed by atoms with van der Waals surface area (Å²) in [5, 5.41) is 0. The first kappa shape index (κ1) is 14.7. The van der Waals surface area contributed by atoms with Crippen LogP contribution in [-0.4, -0.2) is 24.4 Å². The Labute approximate surface area is 115 Å². The van der Waals surface area contributed by atoms with E-state index in [1.54, 1.807) is 24.3 Å². The molecular formula is C14H16F3NO2. The second-order valence-corrected chi connectivity index (χ2v) is 5.26. The van der Waals surface area contributed by atoms with Gasteiger partial charge in [-0.3, -0.25) is 4.79 Å². The molecule has 0 bridgehead atoms. The average molecular weight is 287 g/mol. The van der Waals surface area contributed by atoms with E-state index < -0.39 is 17.9 Å². The number of benzene rings is 1. The lowest BCUT2D eigenvalue weighted by atomic mass is 9.93. The molecule has 1 atom stereocenters.